The Hall–Kier alpha value is -0.850. The summed E-state index contributed by atoms with van der Waals surface area (Å²) in [6.07, 6.45) is -5.37. The van der Waals surface area contributed by atoms with E-state index in [2.05, 4.69) is 4.74 Å². The molecule has 0 rings (SSSR count). The first-order valence-electron chi connectivity index (χ1n) is 4.19. The summed E-state index contributed by atoms with van der Waals surface area (Å²) in [6, 6.07) is 0. The van der Waals surface area contributed by atoms with E-state index in [0.29, 0.717) is 0 Å². The zero-order valence-electron chi connectivity index (χ0n) is 8.21. The summed E-state index contributed by atoms with van der Waals surface area (Å²) < 4.78 is 52.4. The molecule has 0 saturated carbocycles. The molecule has 0 aliphatic carbocycles. The van der Waals surface area contributed by atoms with Gasteiger partial charge in [-0.2, -0.15) is 8.78 Å². The van der Waals surface area contributed by atoms with Crippen molar-refractivity contribution in [1.29, 1.82) is 0 Å². The van der Waals surface area contributed by atoms with E-state index in [1.165, 1.54) is 13.8 Å². The van der Waals surface area contributed by atoms with Crippen LogP contribution in [0.4, 0.5) is 17.6 Å². The van der Waals surface area contributed by atoms with Gasteiger partial charge in [-0.1, -0.05) is 13.8 Å². The molecule has 7 heteroatoms. The van der Waals surface area contributed by atoms with E-state index in [1.54, 1.807) is 0 Å². The standard InChI is InChI=1S/C8H12F4O3/c1-4(2)5(6(13)14)15-3-8(11,12)7(9)10/h4-5,7H,3H2,1-2H3,(H,13,14). The normalized spacial score (nSPS) is 14.7. The average molecular weight is 232 g/mol. The molecular weight excluding hydrogens is 220 g/mol. The lowest BCUT2D eigenvalue weighted by atomic mass is 10.1. The van der Waals surface area contributed by atoms with Crippen LogP contribution in [0.3, 0.4) is 0 Å². The molecule has 0 bridgehead atoms. The third-order valence-corrected chi connectivity index (χ3v) is 1.62. The summed E-state index contributed by atoms with van der Waals surface area (Å²) in [5, 5.41) is 8.52. The first kappa shape index (κ1) is 14.2. The predicted octanol–water partition coefficient (Wildman–Crippen LogP) is 2.01. The Kier molecular flexibility index (Phi) is 4.99. The van der Waals surface area contributed by atoms with Gasteiger partial charge in [0, 0.05) is 0 Å². The number of alkyl halides is 4. The molecule has 1 unspecified atom stereocenters. The van der Waals surface area contributed by atoms with E-state index in [1.807, 2.05) is 0 Å². The molecule has 15 heavy (non-hydrogen) atoms. The molecule has 3 nitrogen and oxygen atoms in total. The second-order valence-electron chi connectivity index (χ2n) is 3.38. The maximum atomic E-state index is 12.4. The number of hydrogen-bond donors (Lipinski definition) is 1. The van der Waals surface area contributed by atoms with Gasteiger partial charge < -0.3 is 9.84 Å². The van der Waals surface area contributed by atoms with Gasteiger partial charge in [-0.05, 0) is 5.92 Å². The smallest absolute Gasteiger partial charge is 0.333 e. The molecule has 0 saturated heterocycles. The molecule has 0 radical (unpaired) electrons. The van der Waals surface area contributed by atoms with Crippen LogP contribution < -0.4 is 0 Å². The molecule has 0 aromatic carbocycles. The van der Waals surface area contributed by atoms with Gasteiger partial charge in [-0.15, -0.1) is 0 Å². The first-order valence-corrected chi connectivity index (χ1v) is 4.19. The van der Waals surface area contributed by atoms with Gasteiger partial charge in [-0.25, -0.2) is 13.6 Å². The largest absolute Gasteiger partial charge is 0.479 e. The topological polar surface area (TPSA) is 46.5 Å². The van der Waals surface area contributed by atoms with Crippen molar-refractivity contribution < 1.29 is 32.2 Å². The molecular formula is C8H12F4O3. The monoisotopic (exact) mass is 232 g/mol. The predicted molar refractivity (Wildman–Crippen MR) is 43.2 cm³/mol. The molecule has 0 aromatic heterocycles. The molecule has 0 aliphatic rings. The zero-order chi connectivity index (χ0) is 12.2. The van der Waals surface area contributed by atoms with Crippen molar-refractivity contribution in [3.63, 3.8) is 0 Å². The maximum absolute atomic E-state index is 12.4. The number of aliphatic carboxylic acids is 1. The maximum Gasteiger partial charge on any atom is 0.333 e. The third kappa shape index (κ3) is 4.46. The van der Waals surface area contributed by atoms with E-state index in [-0.39, 0.29) is 0 Å². The molecule has 0 fully saturated rings. The van der Waals surface area contributed by atoms with Gasteiger partial charge >= 0.3 is 18.3 Å². The highest BCUT2D eigenvalue weighted by Gasteiger charge is 2.42. The molecule has 90 valence electrons. The van der Waals surface area contributed by atoms with Gasteiger partial charge in [0.05, 0.1) is 0 Å². The van der Waals surface area contributed by atoms with Gasteiger partial charge in [0.1, 0.15) is 6.61 Å². The van der Waals surface area contributed by atoms with Crippen molar-refractivity contribution in [1.82, 2.24) is 0 Å². The Labute approximate surface area is 84.0 Å². The lowest BCUT2D eigenvalue weighted by Gasteiger charge is -2.21. The van der Waals surface area contributed by atoms with Crippen LogP contribution in [0.15, 0.2) is 0 Å². The minimum absolute atomic E-state index is 0.573. The Morgan fingerprint density at radius 1 is 1.40 bits per heavy atom. The minimum Gasteiger partial charge on any atom is -0.479 e. The number of ether oxygens (including phenoxy) is 1. The van der Waals surface area contributed by atoms with Crippen molar-refractivity contribution in [2.24, 2.45) is 5.92 Å². The lowest BCUT2D eigenvalue weighted by molar-refractivity contribution is -0.189. The quantitative estimate of drug-likeness (QED) is 0.712. The summed E-state index contributed by atoms with van der Waals surface area (Å²) in [7, 11) is 0. The molecule has 1 atom stereocenters. The van der Waals surface area contributed by atoms with Crippen LogP contribution in [0, 0.1) is 5.92 Å². The van der Waals surface area contributed by atoms with Gasteiger partial charge in [0.25, 0.3) is 0 Å². The Morgan fingerprint density at radius 3 is 2.13 bits per heavy atom. The van der Waals surface area contributed by atoms with E-state index >= 15 is 0 Å². The van der Waals surface area contributed by atoms with Gasteiger partial charge in [-0.3, -0.25) is 0 Å². The Morgan fingerprint density at radius 2 is 1.87 bits per heavy atom. The van der Waals surface area contributed by atoms with Crippen molar-refractivity contribution in [2.45, 2.75) is 32.3 Å². The summed E-state index contributed by atoms with van der Waals surface area (Å²) >= 11 is 0. The summed E-state index contributed by atoms with van der Waals surface area (Å²) in [6.45, 7) is 1.26. The fraction of sp³-hybridized carbons (Fsp3) is 0.875. The first-order chi connectivity index (χ1) is 6.68. The third-order valence-electron chi connectivity index (χ3n) is 1.62. The second-order valence-corrected chi connectivity index (χ2v) is 3.38. The van der Waals surface area contributed by atoms with Gasteiger partial charge in [0.2, 0.25) is 0 Å². The minimum atomic E-state index is -4.32. The Bertz CT molecular complexity index is 218. The summed E-state index contributed by atoms with van der Waals surface area (Å²) in [5.74, 6) is -6.34. The summed E-state index contributed by atoms with van der Waals surface area (Å²) in [5.41, 5.74) is 0. The van der Waals surface area contributed by atoms with Crippen LogP contribution in [0.25, 0.3) is 0 Å². The van der Waals surface area contributed by atoms with Crippen molar-refractivity contribution in [3.8, 4) is 0 Å². The average Bonchev–Trinajstić information content (AvgIpc) is 2.02. The fourth-order valence-corrected chi connectivity index (χ4v) is 0.813. The van der Waals surface area contributed by atoms with Crippen LogP contribution in [0.2, 0.25) is 0 Å². The molecule has 0 amide bonds. The summed E-state index contributed by atoms with van der Waals surface area (Å²) in [4.78, 5) is 10.5. The highest BCUT2D eigenvalue weighted by atomic mass is 19.3. The number of halogens is 4. The van der Waals surface area contributed by atoms with Crippen LogP contribution in [0.5, 0.6) is 0 Å². The van der Waals surface area contributed by atoms with Crippen LogP contribution in [0.1, 0.15) is 13.8 Å². The molecule has 0 heterocycles. The van der Waals surface area contributed by atoms with E-state index in [4.69, 9.17) is 5.11 Å². The number of carboxylic acid groups (broad SMARTS) is 1. The zero-order valence-corrected chi connectivity index (χ0v) is 8.21. The Balaban J connectivity index is 4.28. The molecule has 0 aliphatic heterocycles. The van der Waals surface area contributed by atoms with Crippen molar-refractivity contribution in [2.75, 3.05) is 6.61 Å². The van der Waals surface area contributed by atoms with Gasteiger partial charge in [0.15, 0.2) is 6.10 Å². The van der Waals surface area contributed by atoms with E-state index in [9.17, 15) is 22.4 Å². The van der Waals surface area contributed by atoms with E-state index < -0.39 is 36.9 Å². The second kappa shape index (κ2) is 5.29. The van der Waals surface area contributed by atoms with Crippen molar-refractivity contribution in [3.05, 3.63) is 0 Å². The highest BCUT2D eigenvalue weighted by molar-refractivity contribution is 5.72. The number of rotatable bonds is 6. The SMILES string of the molecule is CC(C)C(OCC(F)(F)C(F)F)C(=O)O. The van der Waals surface area contributed by atoms with Crippen molar-refractivity contribution >= 4 is 5.97 Å². The molecule has 1 N–H and O–H groups in total. The highest BCUT2D eigenvalue weighted by Crippen LogP contribution is 2.24. The number of carbonyl (C=O) groups is 1. The number of hydrogen-bond acceptors (Lipinski definition) is 2. The fourth-order valence-electron chi connectivity index (χ4n) is 0.813. The van der Waals surface area contributed by atoms with E-state index in [0.717, 1.165) is 0 Å². The lowest BCUT2D eigenvalue weighted by Crippen LogP contribution is -2.38. The number of carboxylic acids is 1. The van der Waals surface area contributed by atoms with Crippen LogP contribution in [-0.4, -0.2) is 36.1 Å². The molecule has 0 spiro atoms. The molecule has 0 aromatic rings. The van der Waals surface area contributed by atoms with Crippen LogP contribution in [-0.2, 0) is 9.53 Å². The van der Waals surface area contributed by atoms with Crippen LogP contribution >= 0.6 is 0 Å².